The molecule has 0 fully saturated rings. The van der Waals surface area contributed by atoms with Gasteiger partial charge in [0, 0.05) is 6.42 Å². The molecule has 1 nitrogen and oxygen atoms in total. The fourth-order valence-corrected chi connectivity index (χ4v) is 7.58. The van der Waals surface area contributed by atoms with Crippen LogP contribution < -0.4 is 15.9 Å². The molecule has 0 spiro atoms. The number of carbonyl (C=O) groups is 1. The van der Waals surface area contributed by atoms with Crippen molar-refractivity contribution in [1.29, 1.82) is 0 Å². The number of carbonyl (C=O) groups excluding carboxylic acids is 1. The number of ketones is 1. The van der Waals surface area contributed by atoms with E-state index < -0.39 is 6.89 Å². The van der Waals surface area contributed by atoms with Gasteiger partial charge >= 0.3 is 0 Å². The van der Waals surface area contributed by atoms with Crippen LogP contribution in [0.3, 0.4) is 0 Å². The summed E-state index contributed by atoms with van der Waals surface area (Å²) >= 11 is 0. The summed E-state index contributed by atoms with van der Waals surface area (Å²) in [7, 11) is 0. The molecule has 3 aromatic rings. The maximum atomic E-state index is 11.3. The molecule has 0 radical (unpaired) electrons. The molecule has 0 saturated heterocycles. The Kier molecular flexibility index (Phi) is 6.85. The second-order valence-electron chi connectivity index (χ2n) is 6.86. The Balaban J connectivity index is 2.13. The first-order valence-corrected chi connectivity index (χ1v) is 11.5. The third-order valence-electron chi connectivity index (χ3n) is 4.88. The molecule has 138 valence electrons. The van der Waals surface area contributed by atoms with Crippen LogP contribution in [0.5, 0.6) is 0 Å². The van der Waals surface area contributed by atoms with Crippen molar-refractivity contribution in [3.8, 4) is 0 Å². The molecule has 0 aliphatic rings. The van der Waals surface area contributed by atoms with E-state index in [1.807, 2.05) is 0 Å². The van der Waals surface area contributed by atoms with E-state index in [2.05, 4.69) is 96.8 Å². The zero-order valence-corrected chi connectivity index (χ0v) is 16.8. The van der Waals surface area contributed by atoms with Crippen LogP contribution in [-0.2, 0) is 4.79 Å². The predicted molar refractivity (Wildman–Crippen MR) is 120 cm³/mol. The quantitative estimate of drug-likeness (QED) is 0.403. The molecule has 3 rings (SSSR count). The van der Waals surface area contributed by atoms with Crippen LogP contribution in [0.4, 0.5) is 0 Å². The third kappa shape index (κ3) is 4.67. The fraction of sp³-hybridized carbons (Fsp3) is 0.200. The van der Waals surface area contributed by atoms with Gasteiger partial charge < -0.3 is 4.79 Å². The Hall–Kier alpha value is -2.37. The van der Waals surface area contributed by atoms with Crippen molar-refractivity contribution in [3.05, 3.63) is 91.0 Å². The molecule has 2 heteroatoms. The number of hydrogen-bond donors (Lipinski definition) is 0. The molecule has 3 aromatic carbocycles. The Morgan fingerprint density at radius 1 is 0.704 bits per heavy atom. The molecule has 0 amide bonds. The molecule has 0 bridgehead atoms. The summed E-state index contributed by atoms with van der Waals surface area (Å²) in [5.74, 6) is 2.83. The molecule has 0 N–H and O–H groups in total. The van der Waals surface area contributed by atoms with Crippen molar-refractivity contribution in [3.63, 3.8) is 0 Å². The Morgan fingerprint density at radius 2 is 1.11 bits per heavy atom. The largest absolute Gasteiger partial charge is 0.300 e. The van der Waals surface area contributed by atoms with E-state index in [0.29, 0.717) is 6.42 Å². The zero-order valence-electron chi connectivity index (χ0n) is 15.9. The second-order valence-corrected chi connectivity index (χ2v) is 10.2. The van der Waals surface area contributed by atoms with Gasteiger partial charge in [0.15, 0.2) is 0 Å². The SMILES string of the molecule is CC(=O)CCCCC=P(c1ccccc1)(c1ccccc1)c1ccccc1. The number of hydrogen-bond acceptors (Lipinski definition) is 1. The summed E-state index contributed by atoms with van der Waals surface area (Å²) in [5, 5.41) is 4.15. The first-order valence-electron chi connectivity index (χ1n) is 9.63. The normalized spacial score (nSPS) is 11.1. The first-order chi connectivity index (χ1) is 13.2. The highest BCUT2D eigenvalue weighted by Gasteiger charge is 2.24. The number of benzene rings is 3. The molecule has 0 aromatic heterocycles. The monoisotopic (exact) mass is 374 g/mol. The molecular formula is C25H27OP. The van der Waals surface area contributed by atoms with Gasteiger partial charge in [0.1, 0.15) is 5.78 Å². The minimum atomic E-state index is -1.83. The van der Waals surface area contributed by atoms with Gasteiger partial charge in [0.2, 0.25) is 0 Å². The average molecular weight is 374 g/mol. The summed E-state index contributed by atoms with van der Waals surface area (Å²) in [6, 6.07) is 32.7. The summed E-state index contributed by atoms with van der Waals surface area (Å²) in [6.07, 6.45) is 3.71. The van der Waals surface area contributed by atoms with Crippen LogP contribution >= 0.6 is 6.89 Å². The van der Waals surface area contributed by atoms with E-state index >= 15 is 0 Å². The van der Waals surface area contributed by atoms with Crippen molar-refractivity contribution in [2.75, 3.05) is 0 Å². The van der Waals surface area contributed by atoms with Crippen LogP contribution in [0, 0.1) is 0 Å². The van der Waals surface area contributed by atoms with E-state index in [1.165, 1.54) is 15.9 Å². The van der Waals surface area contributed by atoms with Crippen LogP contribution in [0.25, 0.3) is 0 Å². The van der Waals surface area contributed by atoms with Gasteiger partial charge in [0.05, 0.1) is 0 Å². The van der Waals surface area contributed by atoms with Gasteiger partial charge in [-0.2, -0.15) is 0 Å². The van der Waals surface area contributed by atoms with E-state index in [9.17, 15) is 4.79 Å². The lowest BCUT2D eigenvalue weighted by atomic mass is 10.2. The van der Waals surface area contributed by atoms with E-state index in [0.717, 1.165) is 19.3 Å². The first kappa shape index (κ1) is 19.4. The van der Waals surface area contributed by atoms with Crippen molar-refractivity contribution in [1.82, 2.24) is 0 Å². The number of rotatable bonds is 8. The lowest BCUT2D eigenvalue weighted by Crippen LogP contribution is -2.26. The lowest BCUT2D eigenvalue weighted by Gasteiger charge is -2.29. The number of unbranched alkanes of at least 4 members (excludes halogenated alkanes) is 2. The molecule has 0 aliphatic carbocycles. The number of Topliss-reactive ketones (excluding diaryl/α,β-unsaturated/α-hetero) is 1. The molecule has 0 heterocycles. The van der Waals surface area contributed by atoms with Gasteiger partial charge in [-0.25, -0.2) is 0 Å². The molecule has 0 atom stereocenters. The van der Waals surface area contributed by atoms with E-state index in [-0.39, 0.29) is 5.78 Å². The van der Waals surface area contributed by atoms with Crippen LogP contribution in [0.2, 0.25) is 0 Å². The second kappa shape index (κ2) is 9.53. The maximum Gasteiger partial charge on any atom is 0.129 e. The Morgan fingerprint density at radius 3 is 1.48 bits per heavy atom. The topological polar surface area (TPSA) is 17.1 Å². The summed E-state index contributed by atoms with van der Waals surface area (Å²) in [5.41, 5.74) is 0. The Bertz CT molecular complexity index is 795. The molecule has 0 aliphatic heterocycles. The fourth-order valence-electron chi connectivity index (χ4n) is 3.56. The van der Waals surface area contributed by atoms with Crippen molar-refractivity contribution < 1.29 is 4.79 Å². The predicted octanol–water partition coefficient (Wildman–Crippen LogP) is 4.93. The molecule has 0 saturated carbocycles. The zero-order chi connectivity index (χ0) is 19.0. The minimum absolute atomic E-state index is 0.283. The summed E-state index contributed by atoms with van der Waals surface area (Å²) < 4.78 is 0. The lowest BCUT2D eigenvalue weighted by molar-refractivity contribution is -0.117. The molecule has 0 unspecified atom stereocenters. The highest BCUT2D eigenvalue weighted by Crippen LogP contribution is 2.44. The smallest absolute Gasteiger partial charge is 0.129 e. The van der Waals surface area contributed by atoms with Gasteiger partial charge in [-0.15, -0.1) is 0 Å². The summed E-state index contributed by atoms with van der Waals surface area (Å²) in [4.78, 5) is 11.3. The summed E-state index contributed by atoms with van der Waals surface area (Å²) in [6.45, 7) is -0.148. The van der Waals surface area contributed by atoms with Crippen molar-refractivity contribution >= 4 is 34.4 Å². The van der Waals surface area contributed by atoms with Gasteiger partial charge in [-0.05, 0) is 49.0 Å². The minimum Gasteiger partial charge on any atom is -0.300 e. The van der Waals surface area contributed by atoms with E-state index in [4.69, 9.17) is 0 Å². The van der Waals surface area contributed by atoms with Crippen molar-refractivity contribution in [2.24, 2.45) is 0 Å². The standard InChI is InChI=1S/C25H27OP/c1-22(26)14-6-5-13-21-27(23-15-7-2-8-16-23,24-17-9-3-10-18-24)25-19-11-4-12-20-25/h2-4,7-12,15-21H,5-6,13-14H2,1H3. The maximum absolute atomic E-state index is 11.3. The van der Waals surface area contributed by atoms with Crippen LogP contribution in [0.15, 0.2) is 91.0 Å². The average Bonchev–Trinajstić information content (AvgIpc) is 2.73. The Labute approximate surface area is 163 Å². The highest BCUT2D eigenvalue weighted by atomic mass is 31.2. The third-order valence-corrected chi connectivity index (χ3v) is 9.02. The van der Waals surface area contributed by atoms with Crippen LogP contribution in [0.1, 0.15) is 32.6 Å². The van der Waals surface area contributed by atoms with Crippen LogP contribution in [-0.4, -0.2) is 11.6 Å². The molecular weight excluding hydrogens is 347 g/mol. The highest BCUT2D eigenvalue weighted by molar-refractivity contribution is 7.94. The van der Waals surface area contributed by atoms with Crippen molar-refractivity contribution in [2.45, 2.75) is 32.6 Å². The van der Waals surface area contributed by atoms with Gasteiger partial charge in [0.25, 0.3) is 0 Å². The van der Waals surface area contributed by atoms with E-state index in [1.54, 1.807) is 6.92 Å². The van der Waals surface area contributed by atoms with Gasteiger partial charge in [-0.3, -0.25) is 0 Å². The molecule has 27 heavy (non-hydrogen) atoms. The van der Waals surface area contributed by atoms with Gasteiger partial charge in [-0.1, -0.05) is 96.8 Å².